The van der Waals surface area contributed by atoms with Gasteiger partial charge in [-0.1, -0.05) is 58.8 Å². The molecule has 4 fully saturated rings. The molecule has 0 aliphatic heterocycles. The van der Waals surface area contributed by atoms with E-state index in [1.165, 1.54) is 0 Å². The Morgan fingerprint density at radius 2 is 1.51 bits per heavy atom. The van der Waals surface area contributed by atoms with Gasteiger partial charge in [-0.25, -0.2) is 0 Å². The summed E-state index contributed by atoms with van der Waals surface area (Å²) in [6, 6.07) is 0. The molecule has 0 radical (unpaired) electrons. The molecule has 9 heteroatoms. The van der Waals surface area contributed by atoms with Crippen LogP contribution in [0.2, 0.25) is 0 Å². The number of ketones is 1. The first-order valence-electron chi connectivity index (χ1n) is 17.0. The van der Waals surface area contributed by atoms with E-state index in [9.17, 15) is 41.8 Å². The minimum Gasteiger partial charge on any atom is -0.481 e. The number of Topliss-reactive ketones (excluding diaryl/α,β-unsaturated/α-hetero) is 1. The number of hydrogen-bond donors (Lipinski definition) is 2. The molecule has 4 saturated carbocycles. The zero-order valence-electron chi connectivity index (χ0n) is 26.1. The molecule has 0 aromatic rings. The number of carboxylic acid groups (broad SMARTS) is 1. The number of fused-ring (bicyclic) bond motifs is 5. The van der Waals surface area contributed by atoms with Crippen LogP contribution in [0.3, 0.4) is 0 Å². The van der Waals surface area contributed by atoms with Gasteiger partial charge in [0.2, 0.25) is 0 Å². The van der Waals surface area contributed by atoms with Crippen molar-refractivity contribution in [1.29, 1.82) is 0 Å². The second kappa shape index (κ2) is 13.6. The van der Waals surface area contributed by atoms with Gasteiger partial charge in [0.15, 0.2) is 0 Å². The van der Waals surface area contributed by atoms with Crippen LogP contribution in [0.4, 0.5) is 22.0 Å². The molecule has 0 aromatic heterocycles. The monoisotopic (exact) mass is 620 g/mol. The van der Waals surface area contributed by atoms with E-state index in [-0.39, 0.29) is 23.4 Å². The van der Waals surface area contributed by atoms with Gasteiger partial charge >= 0.3 is 18.1 Å². The molecule has 4 aliphatic rings. The molecule has 0 aromatic carbocycles. The van der Waals surface area contributed by atoms with Gasteiger partial charge in [-0.15, -0.1) is 0 Å². The highest BCUT2D eigenvalue weighted by Gasteiger charge is 2.62. The number of alkyl halides is 5. The van der Waals surface area contributed by atoms with E-state index in [2.05, 4.69) is 13.8 Å². The fourth-order valence-electron chi connectivity index (χ4n) is 10.1. The fraction of sp³-hybridized carbons (Fsp3) is 0.941. The summed E-state index contributed by atoms with van der Waals surface area (Å²) in [7, 11) is 0. The summed E-state index contributed by atoms with van der Waals surface area (Å²) < 4.78 is 63.4. The second-order valence-corrected chi connectivity index (χ2v) is 15.2. The lowest BCUT2D eigenvalue weighted by Crippen LogP contribution is -2.57. The van der Waals surface area contributed by atoms with Crippen LogP contribution in [-0.4, -0.2) is 40.2 Å². The summed E-state index contributed by atoms with van der Waals surface area (Å²) in [4.78, 5) is 24.0. The molecular formula is C34H53F5O4. The van der Waals surface area contributed by atoms with Crippen molar-refractivity contribution >= 4 is 11.8 Å². The first kappa shape index (κ1) is 34.6. The topological polar surface area (TPSA) is 74.6 Å². The van der Waals surface area contributed by atoms with Crippen LogP contribution in [0.15, 0.2) is 0 Å². The van der Waals surface area contributed by atoms with Gasteiger partial charge in [0.05, 0.1) is 12.0 Å². The Morgan fingerprint density at radius 3 is 2.19 bits per heavy atom. The minimum atomic E-state index is -5.60. The van der Waals surface area contributed by atoms with Crippen molar-refractivity contribution < 1.29 is 41.8 Å². The molecule has 43 heavy (non-hydrogen) atoms. The first-order valence-corrected chi connectivity index (χ1v) is 17.0. The number of carbonyl (C=O) groups is 2. The molecule has 4 nitrogen and oxygen atoms in total. The maximum Gasteiger partial charge on any atom is 0.453 e. The van der Waals surface area contributed by atoms with E-state index in [4.69, 9.17) is 0 Å². The average molecular weight is 621 g/mol. The molecule has 0 spiro atoms. The van der Waals surface area contributed by atoms with Crippen molar-refractivity contribution in [1.82, 2.24) is 0 Å². The average Bonchev–Trinajstić information content (AvgIpc) is 3.23. The molecule has 0 saturated heterocycles. The van der Waals surface area contributed by atoms with Gasteiger partial charge < -0.3 is 10.2 Å². The third-order valence-electron chi connectivity index (χ3n) is 12.8. The number of hydrogen-bond acceptors (Lipinski definition) is 3. The molecule has 248 valence electrons. The Labute approximate surface area is 253 Å². The quantitative estimate of drug-likeness (QED) is 0.150. The predicted molar refractivity (Wildman–Crippen MR) is 155 cm³/mol. The summed E-state index contributed by atoms with van der Waals surface area (Å²) in [6.45, 7) is 4.77. The number of aliphatic hydroxyl groups is 1. The zero-order valence-corrected chi connectivity index (χ0v) is 26.1. The third kappa shape index (κ3) is 7.43. The summed E-state index contributed by atoms with van der Waals surface area (Å²) >= 11 is 0. The van der Waals surface area contributed by atoms with Crippen LogP contribution >= 0.6 is 0 Å². The van der Waals surface area contributed by atoms with Crippen molar-refractivity contribution in [3.63, 3.8) is 0 Å². The molecule has 2 N–H and O–H groups in total. The highest BCUT2D eigenvalue weighted by Crippen LogP contribution is 2.67. The Hall–Kier alpha value is -1.25. The number of aliphatic hydroxyl groups excluding tert-OH is 1. The smallest absolute Gasteiger partial charge is 0.453 e. The lowest BCUT2D eigenvalue weighted by atomic mass is 9.42. The number of halogens is 5. The predicted octanol–water partition coefficient (Wildman–Crippen LogP) is 9.37. The Kier molecular flexibility index (Phi) is 11.0. The second-order valence-electron chi connectivity index (χ2n) is 15.2. The first-order chi connectivity index (χ1) is 20.1. The van der Waals surface area contributed by atoms with Gasteiger partial charge in [0.25, 0.3) is 0 Å². The number of carbonyl (C=O) groups excluding carboxylic acids is 1. The highest BCUT2D eigenvalue weighted by molar-refractivity contribution is 5.79. The van der Waals surface area contributed by atoms with E-state index >= 15 is 0 Å². The van der Waals surface area contributed by atoms with E-state index in [1.54, 1.807) is 0 Å². The van der Waals surface area contributed by atoms with Crippen LogP contribution < -0.4 is 0 Å². The standard InChI is InChI=1S/C34H53F5O4/c1-31-18-15-25(40)21-24(31)20-23(29-26-13-14-28(41)32(26,2)19-16-27(29)31)11-8-6-4-3-5-7-10-22(30(42)43)12-9-17-33(35,36)34(37,38)39/h22-24,26-29,41H,3-21H2,1-2H3,(H,42,43)/t22?,23?,24?,26-,27+,28?,29-,31-,32-/m0/s1. The normalized spacial score (nSPS) is 37.0. The number of unbranched alkanes of at least 4 members (excludes halogenated alkanes) is 5. The number of rotatable bonds is 14. The van der Waals surface area contributed by atoms with Crippen molar-refractivity contribution in [2.75, 3.05) is 0 Å². The highest BCUT2D eigenvalue weighted by atomic mass is 19.4. The van der Waals surface area contributed by atoms with Crippen LogP contribution in [0.1, 0.15) is 136 Å². The van der Waals surface area contributed by atoms with E-state index < -0.39 is 36.8 Å². The lowest BCUT2D eigenvalue weighted by molar-refractivity contribution is -0.284. The third-order valence-corrected chi connectivity index (χ3v) is 12.8. The largest absolute Gasteiger partial charge is 0.481 e. The van der Waals surface area contributed by atoms with Gasteiger partial charge in [-0.3, -0.25) is 9.59 Å². The van der Waals surface area contributed by atoms with Crippen molar-refractivity contribution in [3.05, 3.63) is 0 Å². The number of aliphatic carboxylic acids is 1. The van der Waals surface area contributed by atoms with Gasteiger partial charge in [0, 0.05) is 19.3 Å². The maximum absolute atomic E-state index is 13.1. The molecule has 0 heterocycles. The number of carboxylic acids is 1. The van der Waals surface area contributed by atoms with E-state index in [0.29, 0.717) is 54.6 Å². The minimum absolute atomic E-state index is 0.0140. The maximum atomic E-state index is 13.1. The molecule has 4 unspecified atom stereocenters. The summed E-state index contributed by atoms with van der Waals surface area (Å²) in [5.41, 5.74) is 0.247. The zero-order chi connectivity index (χ0) is 31.6. The summed E-state index contributed by atoms with van der Waals surface area (Å²) in [5, 5.41) is 20.3. The van der Waals surface area contributed by atoms with Crippen LogP contribution in [0, 0.1) is 46.3 Å². The van der Waals surface area contributed by atoms with Gasteiger partial charge in [0.1, 0.15) is 5.78 Å². The Morgan fingerprint density at radius 1 is 0.884 bits per heavy atom. The van der Waals surface area contributed by atoms with Crippen LogP contribution in [-0.2, 0) is 9.59 Å². The van der Waals surface area contributed by atoms with Crippen molar-refractivity contribution in [2.24, 2.45) is 46.3 Å². The van der Waals surface area contributed by atoms with Crippen molar-refractivity contribution in [3.8, 4) is 0 Å². The fourth-order valence-corrected chi connectivity index (χ4v) is 10.1. The molecule has 4 aliphatic carbocycles. The molecular weight excluding hydrogens is 567 g/mol. The molecule has 0 bridgehead atoms. The van der Waals surface area contributed by atoms with E-state index in [0.717, 1.165) is 83.5 Å². The summed E-state index contributed by atoms with van der Waals surface area (Å²) in [5.74, 6) is -3.52. The van der Waals surface area contributed by atoms with E-state index in [1.807, 2.05) is 0 Å². The SMILES string of the molecule is C[C@]12CCC(=O)CC1CC(CCCCCCCCC(CCCC(F)(F)C(F)(F)F)C(=O)O)[C@@H]1[C@H]2CC[C@]2(C)C(O)CC[C@@H]12. The van der Waals surface area contributed by atoms with Gasteiger partial charge in [-0.2, -0.15) is 22.0 Å². The lowest BCUT2D eigenvalue weighted by Gasteiger charge is -2.62. The van der Waals surface area contributed by atoms with Gasteiger partial charge in [-0.05, 0) is 98.2 Å². The Balaban J connectivity index is 1.21. The summed E-state index contributed by atoms with van der Waals surface area (Å²) in [6.07, 6.45) is 7.04. The molecule has 4 rings (SSSR count). The molecule has 0 amide bonds. The van der Waals surface area contributed by atoms with Crippen LogP contribution in [0.5, 0.6) is 0 Å². The van der Waals surface area contributed by atoms with Crippen molar-refractivity contribution in [2.45, 2.75) is 154 Å². The molecule has 9 atom stereocenters. The Bertz CT molecular complexity index is 969. The van der Waals surface area contributed by atoms with Crippen LogP contribution in [0.25, 0.3) is 0 Å².